The van der Waals surface area contributed by atoms with Crippen molar-refractivity contribution in [2.75, 3.05) is 25.6 Å². The molecule has 8 nitrogen and oxygen atoms in total. The second-order valence-electron chi connectivity index (χ2n) is 8.58. The number of hydrogen-bond donors (Lipinski definition) is 1. The van der Waals surface area contributed by atoms with Crippen molar-refractivity contribution in [2.45, 2.75) is 37.8 Å². The van der Waals surface area contributed by atoms with E-state index in [0.717, 1.165) is 47.1 Å². The van der Waals surface area contributed by atoms with Crippen LogP contribution < -0.4 is 5.32 Å². The fraction of sp³-hybridized carbons (Fsp3) is 0.417. The van der Waals surface area contributed by atoms with Crippen LogP contribution in [0.3, 0.4) is 0 Å². The molecule has 2 fully saturated rings. The SMILES string of the molecule is CO[C@@]1(c2cccc(-c3cn([C@H]4C[C@@H](C#N)C4)c4cnc(NC(C)=O)cc34)n2)CCOC1. The lowest BCUT2D eigenvalue weighted by Crippen LogP contribution is -2.30. The van der Waals surface area contributed by atoms with Gasteiger partial charge in [-0.2, -0.15) is 5.26 Å². The van der Waals surface area contributed by atoms with Crippen molar-refractivity contribution >= 4 is 22.6 Å². The van der Waals surface area contributed by atoms with Gasteiger partial charge in [0, 0.05) is 50.2 Å². The van der Waals surface area contributed by atoms with Crippen molar-refractivity contribution in [2.24, 2.45) is 5.92 Å². The number of fused-ring (bicyclic) bond motifs is 1. The van der Waals surface area contributed by atoms with E-state index in [-0.39, 0.29) is 17.9 Å². The average Bonchev–Trinajstić information content (AvgIpc) is 3.39. The van der Waals surface area contributed by atoms with Gasteiger partial charge in [0.15, 0.2) is 0 Å². The number of nitrogens with one attached hydrogen (secondary N) is 1. The predicted octanol–water partition coefficient (Wildman–Crippen LogP) is 3.79. The summed E-state index contributed by atoms with van der Waals surface area (Å²) in [6, 6.07) is 10.5. The first-order valence-electron chi connectivity index (χ1n) is 10.8. The lowest BCUT2D eigenvalue weighted by Gasteiger charge is -2.32. The number of carbonyl (C=O) groups is 1. The van der Waals surface area contributed by atoms with Crippen LogP contribution in [-0.4, -0.2) is 40.8 Å². The largest absolute Gasteiger partial charge is 0.378 e. The number of nitriles is 1. The maximum absolute atomic E-state index is 11.6. The second-order valence-corrected chi connectivity index (χ2v) is 8.58. The molecule has 1 saturated heterocycles. The molecule has 1 amide bonds. The minimum atomic E-state index is -0.536. The van der Waals surface area contributed by atoms with Gasteiger partial charge < -0.3 is 19.4 Å². The molecule has 2 aliphatic rings. The van der Waals surface area contributed by atoms with Gasteiger partial charge in [0.05, 0.1) is 41.7 Å². The Bertz CT molecular complexity index is 1220. The predicted molar refractivity (Wildman–Crippen MR) is 119 cm³/mol. The normalized spacial score (nSPS) is 24.8. The van der Waals surface area contributed by atoms with Gasteiger partial charge in [0.2, 0.25) is 5.91 Å². The molecule has 0 unspecified atom stereocenters. The van der Waals surface area contributed by atoms with Crippen LogP contribution in [0.25, 0.3) is 22.2 Å². The van der Waals surface area contributed by atoms with Gasteiger partial charge in [0.1, 0.15) is 11.4 Å². The molecule has 0 bridgehead atoms. The van der Waals surface area contributed by atoms with E-state index >= 15 is 0 Å². The number of methoxy groups -OCH3 is 1. The molecule has 0 aromatic carbocycles. The zero-order chi connectivity index (χ0) is 22.3. The van der Waals surface area contributed by atoms with Gasteiger partial charge in [-0.15, -0.1) is 0 Å². The highest BCUT2D eigenvalue weighted by molar-refractivity contribution is 5.98. The zero-order valence-corrected chi connectivity index (χ0v) is 18.2. The summed E-state index contributed by atoms with van der Waals surface area (Å²) >= 11 is 0. The molecule has 3 aromatic rings. The van der Waals surface area contributed by atoms with Gasteiger partial charge in [0.25, 0.3) is 0 Å². The van der Waals surface area contributed by atoms with Crippen LogP contribution >= 0.6 is 0 Å². The number of amides is 1. The molecule has 0 radical (unpaired) electrons. The van der Waals surface area contributed by atoms with Crippen molar-refractivity contribution in [3.05, 3.63) is 42.4 Å². The Morgan fingerprint density at radius 2 is 2.25 bits per heavy atom. The van der Waals surface area contributed by atoms with Crippen LogP contribution in [0, 0.1) is 17.2 Å². The number of ether oxygens (including phenoxy) is 2. The van der Waals surface area contributed by atoms with E-state index in [1.807, 2.05) is 24.3 Å². The minimum absolute atomic E-state index is 0.0953. The van der Waals surface area contributed by atoms with Crippen LogP contribution in [0.5, 0.6) is 0 Å². The molecule has 8 heteroatoms. The number of hydrogen-bond acceptors (Lipinski definition) is 6. The van der Waals surface area contributed by atoms with E-state index in [1.54, 1.807) is 13.3 Å². The van der Waals surface area contributed by atoms with Crippen molar-refractivity contribution in [1.82, 2.24) is 14.5 Å². The molecule has 3 aromatic heterocycles. The van der Waals surface area contributed by atoms with E-state index in [1.165, 1.54) is 6.92 Å². The van der Waals surface area contributed by atoms with E-state index in [9.17, 15) is 10.1 Å². The molecule has 164 valence electrons. The molecule has 1 aliphatic heterocycles. The Kier molecular flexibility index (Phi) is 5.16. The van der Waals surface area contributed by atoms with Crippen molar-refractivity contribution < 1.29 is 14.3 Å². The Hall–Kier alpha value is -3.28. The van der Waals surface area contributed by atoms with Gasteiger partial charge >= 0.3 is 0 Å². The summed E-state index contributed by atoms with van der Waals surface area (Å²) in [7, 11) is 1.70. The average molecular weight is 431 g/mol. The molecule has 1 aliphatic carbocycles. The molecular weight excluding hydrogens is 406 g/mol. The summed E-state index contributed by atoms with van der Waals surface area (Å²) in [5.41, 5.74) is 3.06. The number of nitrogens with zero attached hydrogens (tertiary/aromatic N) is 4. The topological polar surface area (TPSA) is 102 Å². The Balaban J connectivity index is 1.62. The number of rotatable bonds is 5. The van der Waals surface area contributed by atoms with Gasteiger partial charge in [-0.3, -0.25) is 4.79 Å². The van der Waals surface area contributed by atoms with Gasteiger partial charge in [-0.1, -0.05) is 6.07 Å². The fourth-order valence-electron chi connectivity index (χ4n) is 4.68. The van der Waals surface area contributed by atoms with Crippen LogP contribution in [0.4, 0.5) is 5.82 Å². The number of pyridine rings is 2. The first-order chi connectivity index (χ1) is 15.5. The van der Waals surface area contributed by atoms with Crippen LogP contribution in [0.1, 0.15) is 37.9 Å². The standard InChI is InChI=1S/C24H25N5O3/c1-15(30)27-23-10-18-19(13-29(21(18)12-26-23)17-8-16(9-17)11-25)20-4-3-5-22(28-20)24(31-2)6-7-32-14-24/h3-5,10,12-13,16-17H,6-9,14H2,1-2H3,(H,26,27,30)/t16-,17+,24-/m0/s1. The number of aromatic nitrogens is 3. The van der Waals surface area contributed by atoms with Crippen LogP contribution in [0.15, 0.2) is 36.7 Å². The Morgan fingerprint density at radius 3 is 2.94 bits per heavy atom. The quantitative estimate of drug-likeness (QED) is 0.659. The van der Waals surface area contributed by atoms with Crippen molar-refractivity contribution in [3.8, 4) is 17.3 Å². The number of anilines is 1. The third kappa shape index (κ3) is 3.44. The lowest BCUT2D eigenvalue weighted by atomic mass is 9.81. The van der Waals surface area contributed by atoms with Crippen LogP contribution in [-0.2, 0) is 19.9 Å². The maximum Gasteiger partial charge on any atom is 0.222 e. The van der Waals surface area contributed by atoms with E-state index in [4.69, 9.17) is 14.5 Å². The maximum atomic E-state index is 11.6. The highest BCUT2D eigenvalue weighted by Crippen LogP contribution is 2.42. The first-order valence-corrected chi connectivity index (χ1v) is 10.8. The summed E-state index contributed by atoms with van der Waals surface area (Å²) in [6.45, 7) is 2.59. The molecule has 1 atom stereocenters. The summed E-state index contributed by atoms with van der Waals surface area (Å²) in [5, 5.41) is 12.9. The molecule has 1 saturated carbocycles. The zero-order valence-electron chi connectivity index (χ0n) is 18.2. The molecule has 5 rings (SSSR count). The second kappa shape index (κ2) is 8.01. The molecule has 4 heterocycles. The fourth-order valence-corrected chi connectivity index (χ4v) is 4.68. The summed E-state index contributed by atoms with van der Waals surface area (Å²) in [6.07, 6.45) is 6.29. The van der Waals surface area contributed by atoms with Crippen molar-refractivity contribution in [1.29, 1.82) is 5.26 Å². The monoisotopic (exact) mass is 431 g/mol. The minimum Gasteiger partial charge on any atom is -0.378 e. The molecule has 0 spiro atoms. The molecule has 1 N–H and O–H groups in total. The highest BCUT2D eigenvalue weighted by atomic mass is 16.5. The van der Waals surface area contributed by atoms with E-state index in [2.05, 4.69) is 27.1 Å². The molecule has 32 heavy (non-hydrogen) atoms. The van der Waals surface area contributed by atoms with Crippen LogP contribution in [0.2, 0.25) is 0 Å². The van der Waals surface area contributed by atoms with Crippen molar-refractivity contribution in [3.63, 3.8) is 0 Å². The molecular formula is C24H25N5O3. The lowest BCUT2D eigenvalue weighted by molar-refractivity contribution is -0.114. The van der Waals surface area contributed by atoms with E-state index < -0.39 is 5.60 Å². The summed E-state index contributed by atoms with van der Waals surface area (Å²) in [4.78, 5) is 21.0. The smallest absolute Gasteiger partial charge is 0.222 e. The third-order valence-electron chi connectivity index (χ3n) is 6.58. The summed E-state index contributed by atoms with van der Waals surface area (Å²) < 4.78 is 13.6. The Morgan fingerprint density at radius 1 is 1.41 bits per heavy atom. The first kappa shape index (κ1) is 20.6. The third-order valence-corrected chi connectivity index (χ3v) is 6.58. The Labute approximate surface area is 186 Å². The number of carbonyl (C=O) groups excluding carboxylic acids is 1. The van der Waals surface area contributed by atoms with E-state index in [0.29, 0.717) is 19.0 Å². The van der Waals surface area contributed by atoms with Gasteiger partial charge in [-0.25, -0.2) is 9.97 Å². The highest BCUT2D eigenvalue weighted by Gasteiger charge is 2.38. The summed E-state index contributed by atoms with van der Waals surface area (Å²) in [5.74, 6) is 0.427. The van der Waals surface area contributed by atoms with Gasteiger partial charge in [-0.05, 0) is 31.0 Å².